The van der Waals surface area contributed by atoms with E-state index >= 15 is 0 Å². The van der Waals surface area contributed by atoms with Gasteiger partial charge in [-0.15, -0.1) is 0 Å². The van der Waals surface area contributed by atoms with Crippen molar-refractivity contribution in [2.75, 3.05) is 62.9 Å². The van der Waals surface area contributed by atoms with Gasteiger partial charge in [0.1, 0.15) is 29.4 Å². The van der Waals surface area contributed by atoms with Gasteiger partial charge in [0, 0.05) is 55.9 Å². The lowest BCUT2D eigenvalue weighted by atomic mass is 10.0. The van der Waals surface area contributed by atoms with Gasteiger partial charge in [-0.05, 0) is 49.6 Å². The van der Waals surface area contributed by atoms with Crippen molar-refractivity contribution in [3.8, 4) is 28.6 Å². The molecule has 0 atom stereocenters. The quantitative estimate of drug-likeness (QED) is 0.282. The zero-order valence-electron chi connectivity index (χ0n) is 24.4. The number of hydrogen-bond acceptors (Lipinski definition) is 11. The van der Waals surface area contributed by atoms with Crippen LogP contribution < -0.4 is 25.8 Å². The maximum Gasteiger partial charge on any atom is 0.165 e. The number of nitrogen functional groups attached to an aromatic ring is 2. The van der Waals surface area contributed by atoms with Crippen molar-refractivity contribution in [2.24, 2.45) is 0 Å². The zero-order valence-corrected chi connectivity index (χ0v) is 24.4. The lowest BCUT2D eigenvalue weighted by Gasteiger charge is -2.41. The summed E-state index contributed by atoms with van der Waals surface area (Å²) in [5, 5.41) is 4.86. The van der Waals surface area contributed by atoms with Gasteiger partial charge in [0.25, 0.3) is 0 Å². The lowest BCUT2D eigenvalue weighted by Crippen LogP contribution is -2.49. The number of piperidine rings is 1. The number of hydrogen-bond donors (Lipinski definition) is 2. The third-order valence-electron chi connectivity index (χ3n) is 8.46. The molecule has 7 rings (SSSR count). The molecule has 12 nitrogen and oxygen atoms in total. The lowest BCUT2D eigenvalue weighted by molar-refractivity contribution is 0.0115. The number of methoxy groups -OCH3 is 1. The van der Waals surface area contributed by atoms with Crippen molar-refractivity contribution in [2.45, 2.75) is 25.8 Å². The molecule has 5 aromatic rings. The number of pyridine rings is 1. The average molecular weight is 582 g/mol. The molecule has 5 heterocycles. The molecule has 0 unspecified atom stereocenters. The molecule has 12 heteroatoms. The van der Waals surface area contributed by atoms with Crippen molar-refractivity contribution in [1.82, 2.24) is 29.5 Å². The molecule has 4 N–H and O–H groups in total. The van der Waals surface area contributed by atoms with E-state index in [0.29, 0.717) is 46.3 Å². The number of morpholine rings is 1. The minimum absolute atomic E-state index is 0.367. The van der Waals surface area contributed by atoms with Crippen molar-refractivity contribution < 1.29 is 14.2 Å². The summed E-state index contributed by atoms with van der Waals surface area (Å²) in [5.74, 6) is 2.70. The molecule has 3 aromatic heterocycles. The average Bonchev–Trinajstić information content (AvgIpc) is 3.50. The molecule has 2 fully saturated rings. The van der Waals surface area contributed by atoms with Crippen LogP contribution in [-0.4, -0.2) is 82.0 Å². The first-order valence-corrected chi connectivity index (χ1v) is 14.6. The first-order valence-electron chi connectivity index (χ1n) is 14.6. The molecule has 43 heavy (non-hydrogen) atoms. The van der Waals surface area contributed by atoms with Gasteiger partial charge in [-0.3, -0.25) is 4.90 Å². The molecular weight excluding hydrogens is 546 g/mol. The van der Waals surface area contributed by atoms with E-state index in [1.54, 1.807) is 17.8 Å². The fourth-order valence-corrected chi connectivity index (χ4v) is 6.12. The van der Waals surface area contributed by atoms with Crippen LogP contribution in [0.4, 0.5) is 17.2 Å². The zero-order chi connectivity index (χ0) is 29.5. The normalized spacial score (nSPS) is 16.7. The third-order valence-corrected chi connectivity index (χ3v) is 8.46. The molecule has 222 valence electrons. The largest absolute Gasteiger partial charge is 0.496 e. The maximum atomic E-state index is 6.56. The molecular formula is C31H35N9O3. The molecule has 0 aliphatic carbocycles. The van der Waals surface area contributed by atoms with Crippen molar-refractivity contribution in [3.05, 3.63) is 54.5 Å². The summed E-state index contributed by atoms with van der Waals surface area (Å²) in [6, 6.07) is 12.0. The monoisotopic (exact) mass is 581 g/mol. The van der Waals surface area contributed by atoms with Gasteiger partial charge in [0.2, 0.25) is 0 Å². The van der Waals surface area contributed by atoms with Gasteiger partial charge < -0.3 is 30.6 Å². The topological polar surface area (TPSA) is 142 Å². The number of aryl methyl sites for hydroxylation is 1. The standard InChI is InChI=1S/C31H35N9O3/c1-19-13-23(28(41-2)17-27(19)43-21-5-8-40-29(14-21)34-18-35-40)31-36-25-16-26(24(32)15-22(25)30(33)37-31)39-6-3-20(4-7-39)38-9-11-42-12-10-38/h5,8,13-18,20H,3-4,6-7,9-12,32H2,1-2H3,(H2,33,36,37). The summed E-state index contributed by atoms with van der Waals surface area (Å²) < 4.78 is 19.2. The minimum atomic E-state index is 0.367. The Kier molecular flexibility index (Phi) is 7.07. The second-order valence-corrected chi connectivity index (χ2v) is 11.1. The fourth-order valence-electron chi connectivity index (χ4n) is 6.12. The van der Waals surface area contributed by atoms with E-state index in [4.69, 9.17) is 30.7 Å². The Morgan fingerprint density at radius 3 is 2.56 bits per heavy atom. The molecule has 2 aliphatic heterocycles. The summed E-state index contributed by atoms with van der Waals surface area (Å²) in [6.45, 7) is 7.50. The Labute approximate surface area is 249 Å². The minimum Gasteiger partial charge on any atom is -0.496 e. The number of fused-ring (bicyclic) bond motifs is 2. The van der Waals surface area contributed by atoms with E-state index in [1.165, 1.54) is 6.33 Å². The van der Waals surface area contributed by atoms with Crippen molar-refractivity contribution in [3.63, 3.8) is 0 Å². The number of nitrogens with two attached hydrogens (primary N) is 2. The van der Waals surface area contributed by atoms with Gasteiger partial charge in [-0.25, -0.2) is 19.5 Å². The van der Waals surface area contributed by atoms with Crippen LogP contribution in [0.15, 0.2) is 48.9 Å². The number of benzene rings is 2. The molecule has 2 aromatic carbocycles. The van der Waals surface area contributed by atoms with E-state index in [1.807, 2.05) is 43.3 Å². The van der Waals surface area contributed by atoms with Crippen LogP contribution in [-0.2, 0) is 4.74 Å². The second-order valence-electron chi connectivity index (χ2n) is 11.1. The molecule has 0 spiro atoms. The van der Waals surface area contributed by atoms with Gasteiger partial charge in [-0.1, -0.05) is 0 Å². The van der Waals surface area contributed by atoms with Crippen LogP contribution in [0.5, 0.6) is 17.2 Å². The van der Waals surface area contributed by atoms with Crippen LogP contribution in [0.2, 0.25) is 0 Å². The van der Waals surface area contributed by atoms with E-state index in [2.05, 4.69) is 24.9 Å². The molecule has 0 saturated carbocycles. The summed E-state index contributed by atoms with van der Waals surface area (Å²) in [6.07, 6.45) is 5.49. The Morgan fingerprint density at radius 1 is 0.953 bits per heavy atom. The molecule has 0 bridgehead atoms. The van der Waals surface area contributed by atoms with E-state index in [9.17, 15) is 0 Å². The highest BCUT2D eigenvalue weighted by Crippen LogP contribution is 2.39. The number of aromatic nitrogens is 5. The maximum absolute atomic E-state index is 6.56. The number of ether oxygens (including phenoxy) is 3. The van der Waals surface area contributed by atoms with Gasteiger partial charge >= 0.3 is 0 Å². The summed E-state index contributed by atoms with van der Waals surface area (Å²) in [5.41, 5.74) is 17.7. The summed E-state index contributed by atoms with van der Waals surface area (Å²) in [7, 11) is 1.62. The van der Waals surface area contributed by atoms with Crippen LogP contribution in [0.1, 0.15) is 18.4 Å². The first-order chi connectivity index (χ1) is 21.0. The Balaban J connectivity index is 1.17. The summed E-state index contributed by atoms with van der Waals surface area (Å²) in [4.78, 5) is 18.7. The number of rotatable bonds is 6. The van der Waals surface area contributed by atoms with Crippen LogP contribution >= 0.6 is 0 Å². The van der Waals surface area contributed by atoms with Crippen molar-refractivity contribution >= 4 is 33.7 Å². The molecule has 2 saturated heterocycles. The molecule has 2 aliphatic rings. The van der Waals surface area contributed by atoms with E-state index in [0.717, 1.165) is 80.0 Å². The number of anilines is 3. The highest BCUT2D eigenvalue weighted by Gasteiger charge is 2.27. The first kappa shape index (κ1) is 27.2. The van der Waals surface area contributed by atoms with E-state index < -0.39 is 0 Å². The highest BCUT2D eigenvalue weighted by molar-refractivity contribution is 5.96. The van der Waals surface area contributed by atoms with E-state index in [-0.39, 0.29) is 0 Å². The Hall–Kier alpha value is -4.68. The van der Waals surface area contributed by atoms with Gasteiger partial charge in [0.15, 0.2) is 11.5 Å². The van der Waals surface area contributed by atoms with Crippen LogP contribution in [0.3, 0.4) is 0 Å². The number of nitrogens with zero attached hydrogens (tertiary/aromatic N) is 7. The van der Waals surface area contributed by atoms with Crippen molar-refractivity contribution in [1.29, 1.82) is 0 Å². The van der Waals surface area contributed by atoms with Gasteiger partial charge in [-0.2, -0.15) is 5.10 Å². The predicted octanol–water partition coefficient (Wildman–Crippen LogP) is 3.91. The Morgan fingerprint density at radius 2 is 1.77 bits per heavy atom. The highest BCUT2D eigenvalue weighted by atomic mass is 16.5. The SMILES string of the molecule is COc1cc(Oc2ccn3ncnc3c2)c(C)cc1-c1nc(N)c2cc(N)c(N3CCC(N4CCOCC4)CC3)cc2n1. The van der Waals surface area contributed by atoms with Crippen LogP contribution in [0.25, 0.3) is 27.9 Å². The molecule has 0 radical (unpaired) electrons. The second kappa shape index (κ2) is 11.2. The summed E-state index contributed by atoms with van der Waals surface area (Å²) >= 11 is 0. The van der Waals surface area contributed by atoms with Gasteiger partial charge in [0.05, 0.1) is 42.8 Å². The fraction of sp³-hybridized carbons (Fsp3) is 0.355. The Bertz CT molecular complexity index is 1790. The predicted molar refractivity (Wildman–Crippen MR) is 166 cm³/mol. The smallest absolute Gasteiger partial charge is 0.165 e. The molecule has 0 amide bonds. The van der Waals surface area contributed by atoms with Crippen LogP contribution in [0, 0.1) is 6.92 Å². The third kappa shape index (κ3) is 5.23.